The first-order valence-corrected chi connectivity index (χ1v) is 5.87. The molecule has 6 heteroatoms. The summed E-state index contributed by atoms with van der Waals surface area (Å²) in [7, 11) is 1.57. The molecule has 0 radical (unpaired) electrons. The lowest BCUT2D eigenvalue weighted by molar-refractivity contribution is -0.146. The van der Waals surface area contributed by atoms with Gasteiger partial charge in [-0.05, 0) is 20.8 Å². The summed E-state index contributed by atoms with van der Waals surface area (Å²) < 4.78 is 9.78. The highest BCUT2D eigenvalue weighted by Gasteiger charge is 2.23. The first-order valence-electron chi connectivity index (χ1n) is 5.34. The Hall–Kier alpha value is -0.970. The smallest absolute Gasteiger partial charge is 0.410 e. The van der Waals surface area contributed by atoms with Gasteiger partial charge >= 0.3 is 12.1 Å². The Kier molecular flexibility index (Phi) is 6.31. The van der Waals surface area contributed by atoms with Crippen molar-refractivity contribution in [2.75, 3.05) is 19.7 Å². The van der Waals surface area contributed by atoms with Crippen molar-refractivity contribution >= 4 is 23.7 Å². The van der Waals surface area contributed by atoms with Crippen LogP contribution in [-0.4, -0.2) is 42.2 Å². The summed E-state index contributed by atoms with van der Waals surface area (Å²) in [6, 6.07) is -0.181. The first-order chi connectivity index (χ1) is 7.67. The van der Waals surface area contributed by atoms with Gasteiger partial charge in [0.2, 0.25) is 0 Å². The molecule has 1 unspecified atom stereocenters. The quantitative estimate of drug-likeness (QED) is 0.578. The van der Waals surface area contributed by atoms with Crippen molar-refractivity contribution in [3.05, 3.63) is 0 Å². The van der Waals surface area contributed by atoms with Gasteiger partial charge in [0.05, 0.1) is 5.92 Å². The van der Waals surface area contributed by atoms with E-state index in [0.29, 0.717) is 0 Å². The minimum Gasteiger partial charge on any atom is -0.449 e. The molecule has 0 aliphatic rings. The van der Waals surface area contributed by atoms with E-state index in [1.54, 1.807) is 34.7 Å². The Bertz CT molecular complexity index is 275. The predicted octanol–water partition coefficient (Wildman–Crippen LogP) is 2.23. The highest BCUT2D eigenvalue weighted by atomic mass is 35.5. The number of nitrogens with zero attached hydrogens (tertiary/aromatic N) is 1. The van der Waals surface area contributed by atoms with Crippen molar-refractivity contribution in [2.45, 2.75) is 33.3 Å². The van der Waals surface area contributed by atoms with Crippen LogP contribution >= 0.6 is 11.6 Å². The van der Waals surface area contributed by atoms with Crippen molar-refractivity contribution in [1.82, 2.24) is 4.90 Å². The van der Waals surface area contributed by atoms with E-state index in [9.17, 15) is 9.59 Å². The van der Waals surface area contributed by atoms with Crippen LogP contribution in [0.15, 0.2) is 0 Å². The van der Waals surface area contributed by atoms with Gasteiger partial charge in [0.15, 0.2) is 6.07 Å². The molecule has 0 bridgehead atoms. The second kappa shape index (κ2) is 6.69. The molecule has 0 fully saturated rings. The number of esters is 1. The van der Waals surface area contributed by atoms with Crippen molar-refractivity contribution in [3.63, 3.8) is 0 Å². The van der Waals surface area contributed by atoms with Gasteiger partial charge < -0.3 is 14.4 Å². The Morgan fingerprint density at radius 2 is 1.88 bits per heavy atom. The Morgan fingerprint density at radius 1 is 1.35 bits per heavy atom. The topological polar surface area (TPSA) is 55.8 Å². The van der Waals surface area contributed by atoms with Crippen LogP contribution in [0.5, 0.6) is 0 Å². The van der Waals surface area contributed by atoms with Gasteiger partial charge in [-0.15, -0.1) is 0 Å². The lowest BCUT2D eigenvalue weighted by Crippen LogP contribution is -2.38. The zero-order chi connectivity index (χ0) is 13.6. The molecule has 0 aromatic heterocycles. The molecular weight excluding hydrogens is 246 g/mol. The third-order valence-electron chi connectivity index (χ3n) is 1.85. The van der Waals surface area contributed by atoms with Crippen LogP contribution in [0, 0.1) is 5.92 Å². The van der Waals surface area contributed by atoms with E-state index in [2.05, 4.69) is 4.74 Å². The molecule has 0 aliphatic carbocycles. The summed E-state index contributed by atoms with van der Waals surface area (Å²) >= 11 is 5.28. The number of carbonyl (C=O) groups excluding carboxylic acids is 2. The minimum absolute atomic E-state index is 0.181. The van der Waals surface area contributed by atoms with E-state index in [-0.39, 0.29) is 12.6 Å². The molecule has 0 saturated carbocycles. The summed E-state index contributed by atoms with van der Waals surface area (Å²) in [5, 5.41) is 0. The molecule has 17 heavy (non-hydrogen) atoms. The van der Waals surface area contributed by atoms with Crippen molar-refractivity contribution < 1.29 is 19.1 Å². The second-order valence-electron chi connectivity index (χ2n) is 4.83. The van der Waals surface area contributed by atoms with Crippen molar-refractivity contribution in [3.8, 4) is 0 Å². The average Bonchev–Trinajstić information content (AvgIpc) is 2.15. The van der Waals surface area contributed by atoms with Crippen molar-refractivity contribution in [2.24, 2.45) is 5.92 Å². The van der Waals surface area contributed by atoms with Crippen LogP contribution in [0.25, 0.3) is 0 Å². The molecule has 0 N–H and O–H groups in total. The van der Waals surface area contributed by atoms with Crippen LogP contribution in [0.2, 0.25) is 0 Å². The van der Waals surface area contributed by atoms with Crippen LogP contribution in [-0.2, 0) is 14.3 Å². The molecule has 5 nitrogen and oxygen atoms in total. The lowest BCUT2D eigenvalue weighted by Gasteiger charge is -2.25. The van der Waals surface area contributed by atoms with Gasteiger partial charge in [0.25, 0.3) is 0 Å². The second-order valence-corrected chi connectivity index (χ2v) is 5.05. The number of rotatable bonds is 4. The number of amides is 1. The maximum absolute atomic E-state index is 11.6. The third kappa shape index (κ3) is 7.05. The fourth-order valence-corrected chi connectivity index (χ4v) is 1.20. The summed E-state index contributed by atoms with van der Waals surface area (Å²) in [6.45, 7) is 7.23. The van der Waals surface area contributed by atoms with E-state index in [0.717, 1.165) is 0 Å². The van der Waals surface area contributed by atoms with Gasteiger partial charge in [-0.2, -0.15) is 0 Å². The Labute approximate surface area is 107 Å². The number of alkyl halides is 1. The fourth-order valence-electron chi connectivity index (χ4n) is 1.10. The van der Waals surface area contributed by atoms with E-state index >= 15 is 0 Å². The largest absolute Gasteiger partial charge is 0.449 e. The van der Waals surface area contributed by atoms with E-state index in [4.69, 9.17) is 16.3 Å². The first kappa shape index (κ1) is 16.0. The molecule has 0 saturated heterocycles. The summed E-state index contributed by atoms with van der Waals surface area (Å²) in [6.07, 6.45) is -0.469. The molecule has 0 rings (SSSR count). The van der Waals surface area contributed by atoms with Crippen molar-refractivity contribution in [1.29, 1.82) is 0 Å². The number of hydrogen-bond acceptors (Lipinski definition) is 4. The Morgan fingerprint density at radius 3 is 2.29 bits per heavy atom. The number of carbonyl (C=O) groups is 2. The zero-order valence-electron chi connectivity index (χ0n) is 10.9. The highest BCUT2D eigenvalue weighted by molar-refractivity contribution is 6.17. The lowest BCUT2D eigenvalue weighted by atomic mass is 10.2. The zero-order valence-corrected chi connectivity index (χ0v) is 11.7. The standard InChI is InChI=1S/C11H20ClNO4/c1-8(9(14)16-7-12)6-13(5)10(15)17-11(2,3)4/h8H,6-7H2,1-5H3. The Balaban J connectivity index is 4.20. The van der Waals surface area contributed by atoms with E-state index < -0.39 is 23.6 Å². The third-order valence-corrected chi connectivity index (χ3v) is 1.96. The normalized spacial score (nSPS) is 12.8. The molecule has 1 amide bonds. The molecule has 0 aromatic rings. The molecule has 0 spiro atoms. The van der Waals surface area contributed by atoms with Crippen LogP contribution in [0.3, 0.4) is 0 Å². The van der Waals surface area contributed by atoms with Gasteiger partial charge in [-0.25, -0.2) is 4.79 Å². The monoisotopic (exact) mass is 265 g/mol. The van der Waals surface area contributed by atoms with Gasteiger partial charge in [-0.1, -0.05) is 18.5 Å². The predicted molar refractivity (Wildman–Crippen MR) is 64.8 cm³/mol. The summed E-state index contributed by atoms with van der Waals surface area (Å²) in [5.41, 5.74) is -0.550. The number of halogens is 1. The van der Waals surface area contributed by atoms with Crippen LogP contribution < -0.4 is 0 Å². The fraction of sp³-hybridized carbons (Fsp3) is 0.818. The highest BCUT2D eigenvalue weighted by Crippen LogP contribution is 2.10. The van der Waals surface area contributed by atoms with Gasteiger partial charge in [-0.3, -0.25) is 4.79 Å². The molecule has 100 valence electrons. The molecule has 0 aliphatic heterocycles. The van der Waals surface area contributed by atoms with Crippen LogP contribution in [0.1, 0.15) is 27.7 Å². The van der Waals surface area contributed by atoms with Crippen LogP contribution in [0.4, 0.5) is 4.79 Å². The minimum atomic E-state index is -0.550. The van der Waals surface area contributed by atoms with Gasteiger partial charge in [0.1, 0.15) is 5.60 Å². The number of hydrogen-bond donors (Lipinski definition) is 0. The average molecular weight is 266 g/mol. The number of ether oxygens (including phenoxy) is 2. The molecule has 1 atom stereocenters. The SMILES string of the molecule is CC(CN(C)C(=O)OC(C)(C)C)C(=O)OCCl. The summed E-state index contributed by atoms with van der Waals surface area (Å²) in [4.78, 5) is 24.2. The maximum Gasteiger partial charge on any atom is 0.410 e. The molecule has 0 aromatic carbocycles. The van der Waals surface area contributed by atoms with E-state index in [1.165, 1.54) is 4.90 Å². The van der Waals surface area contributed by atoms with E-state index in [1.807, 2.05) is 0 Å². The molecule has 0 heterocycles. The summed E-state index contributed by atoms with van der Waals surface area (Å²) in [5.74, 6) is -0.873. The van der Waals surface area contributed by atoms with Gasteiger partial charge in [0, 0.05) is 13.6 Å². The maximum atomic E-state index is 11.6. The molecular formula is C11H20ClNO4.